The minimum atomic E-state index is -0.0455. The van der Waals surface area contributed by atoms with Crippen LogP contribution in [0.25, 0.3) is 6.08 Å². The Hall–Kier alpha value is -2.55. The maximum atomic E-state index is 11.9. The molecule has 2 aromatic carbocycles. The zero-order chi connectivity index (χ0) is 13.7. The van der Waals surface area contributed by atoms with Gasteiger partial charge in [-0.05, 0) is 48.0 Å². The maximum Gasteiger partial charge on any atom is 0.185 e. The molecule has 0 unspecified atom stereocenters. The van der Waals surface area contributed by atoms with Crippen LogP contribution in [0, 0.1) is 0 Å². The predicted octanol–water partition coefficient (Wildman–Crippen LogP) is 3.17. The van der Waals surface area contributed by atoms with E-state index < -0.39 is 0 Å². The first-order chi connectivity index (χ1) is 9.19. The Kier molecular flexibility index (Phi) is 3.98. The fourth-order valence-corrected chi connectivity index (χ4v) is 1.63. The van der Waals surface area contributed by atoms with Crippen LogP contribution in [0.5, 0.6) is 5.75 Å². The highest BCUT2D eigenvalue weighted by atomic mass is 16.5. The van der Waals surface area contributed by atoms with E-state index in [1.165, 1.54) is 0 Å². The Balaban J connectivity index is 2.08. The zero-order valence-corrected chi connectivity index (χ0v) is 10.7. The topological polar surface area (TPSA) is 52.3 Å². The van der Waals surface area contributed by atoms with E-state index in [9.17, 15) is 4.79 Å². The second kappa shape index (κ2) is 5.87. The molecule has 0 radical (unpaired) electrons. The number of methoxy groups -OCH3 is 1. The highest BCUT2D eigenvalue weighted by molar-refractivity contribution is 6.06. The molecule has 3 heteroatoms. The van der Waals surface area contributed by atoms with Gasteiger partial charge in [0, 0.05) is 11.3 Å². The summed E-state index contributed by atoms with van der Waals surface area (Å²) in [6.07, 6.45) is 3.32. The average Bonchev–Trinajstić information content (AvgIpc) is 2.46. The van der Waals surface area contributed by atoms with Gasteiger partial charge < -0.3 is 10.5 Å². The van der Waals surface area contributed by atoms with E-state index in [0.29, 0.717) is 11.3 Å². The summed E-state index contributed by atoms with van der Waals surface area (Å²) in [5.74, 6) is 0.748. The number of rotatable bonds is 4. The van der Waals surface area contributed by atoms with E-state index in [1.54, 1.807) is 43.5 Å². The molecular formula is C16H15NO2. The van der Waals surface area contributed by atoms with Gasteiger partial charge in [-0.2, -0.15) is 0 Å². The summed E-state index contributed by atoms with van der Waals surface area (Å²) in [7, 11) is 1.62. The summed E-state index contributed by atoms with van der Waals surface area (Å²) < 4.78 is 5.07. The van der Waals surface area contributed by atoms with E-state index >= 15 is 0 Å². The summed E-state index contributed by atoms with van der Waals surface area (Å²) in [5.41, 5.74) is 7.80. The average molecular weight is 253 g/mol. The molecule has 0 saturated heterocycles. The smallest absolute Gasteiger partial charge is 0.185 e. The molecule has 0 aliphatic heterocycles. The number of hydrogen-bond acceptors (Lipinski definition) is 3. The first-order valence-electron chi connectivity index (χ1n) is 5.91. The number of carbonyl (C=O) groups excluding carboxylic acids is 1. The third kappa shape index (κ3) is 3.45. The number of hydrogen-bond donors (Lipinski definition) is 1. The van der Waals surface area contributed by atoms with Gasteiger partial charge in [-0.15, -0.1) is 0 Å². The van der Waals surface area contributed by atoms with Crippen molar-refractivity contribution in [1.29, 1.82) is 0 Å². The van der Waals surface area contributed by atoms with Crippen LogP contribution in [0.4, 0.5) is 5.69 Å². The van der Waals surface area contributed by atoms with Crippen molar-refractivity contribution >= 4 is 17.5 Å². The molecule has 2 aromatic rings. The van der Waals surface area contributed by atoms with Crippen molar-refractivity contribution in [3.05, 3.63) is 65.7 Å². The third-order valence-electron chi connectivity index (χ3n) is 2.74. The summed E-state index contributed by atoms with van der Waals surface area (Å²) in [5, 5.41) is 0. The van der Waals surface area contributed by atoms with Crippen LogP contribution in [-0.4, -0.2) is 12.9 Å². The Morgan fingerprint density at radius 1 is 1.05 bits per heavy atom. The monoisotopic (exact) mass is 253 g/mol. The molecule has 0 spiro atoms. The maximum absolute atomic E-state index is 11.9. The highest BCUT2D eigenvalue weighted by Crippen LogP contribution is 2.13. The fraction of sp³-hybridized carbons (Fsp3) is 0.0625. The van der Waals surface area contributed by atoms with Crippen LogP contribution in [-0.2, 0) is 0 Å². The molecule has 0 aromatic heterocycles. The standard InChI is InChI=1S/C16H15NO2/c1-19-15-9-2-12(3-10-15)4-11-16(18)13-5-7-14(17)8-6-13/h2-11H,17H2,1H3. The first-order valence-corrected chi connectivity index (χ1v) is 5.91. The lowest BCUT2D eigenvalue weighted by molar-refractivity contribution is 0.104. The highest BCUT2D eigenvalue weighted by Gasteiger charge is 2.00. The lowest BCUT2D eigenvalue weighted by atomic mass is 10.1. The molecule has 0 atom stereocenters. The third-order valence-corrected chi connectivity index (χ3v) is 2.74. The fourth-order valence-electron chi connectivity index (χ4n) is 1.63. The SMILES string of the molecule is COc1ccc(C=CC(=O)c2ccc(N)cc2)cc1. The Bertz CT molecular complexity index is 583. The van der Waals surface area contributed by atoms with E-state index in [4.69, 9.17) is 10.5 Å². The molecule has 2 rings (SSSR count). The Labute approximate surface area is 112 Å². The van der Waals surface area contributed by atoms with E-state index in [2.05, 4.69) is 0 Å². The number of carbonyl (C=O) groups is 1. The van der Waals surface area contributed by atoms with Gasteiger partial charge in [0.1, 0.15) is 5.75 Å². The van der Waals surface area contributed by atoms with E-state index in [0.717, 1.165) is 11.3 Å². The molecule has 96 valence electrons. The molecule has 19 heavy (non-hydrogen) atoms. The first kappa shape index (κ1) is 12.9. The molecule has 0 bridgehead atoms. The van der Waals surface area contributed by atoms with Gasteiger partial charge in [0.25, 0.3) is 0 Å². The number of allylic oxidation sites excluding steroid dienone is 1. The number of nitrogens with two attached hydrogens (primary N) is 1. The molecule has 0 heterocycles. The molecule has 0 saturated carbocycles. The van der Waals surface area contributed by atoms with Crippen LogP contribution in [0.15, 0.2) is 54.6 Å². The summed E-state index contributed by atoms with van der Waals surface area (Å²) in [4.78, 5) is 11.9. The second-order valence-corrected chi connectivity index (χ2v) is 4.09. The summed E-state index contributed by atoms with van der Waals surface area (Å²) in [6, 6.07) is 14.4. The summed E-state index contributed by atoms with van der Waals surface area (Å²) in [6.45, 7) is 0. The van der Waals surface area contributed by atoms with Gasteiger partial charge in [-0.25, -0.2) is 0 Å². The van der Waals surface area contributed by atoms with Gasteiger partial charge >= 0.3 is 0 Å². The number of ketones is 1. The Morgan fingerprint density at radius 3 is 2.26 bits per heavy atom. The van der Waals surface area contributed by atoms with Crippen LogP contribution in [0.1, 0.15) is 15.9 Å². The van der Waals surface area contributed by atoms with Crippen LogP contribution >= 0.6 is 0 Å². The quantitative estimate of drug-likeness (QED) is 0.517. The van der Waals surface area contributed by atoms with E-state index in [-0.39, 0.29) is 5.78 Å². The van der Waals surface area contributed by atoms with Crippen molar-refractivity contribution in [1.82, 2.24) is 0 Å². The summed E-state index contributed by atoms with van der Waals surface area (Å²) >= 11 is 0. The molecule has 0 amide bonds. The lowest BCUT2D eigenvalue weighted by Crippen LogP contribution is -1.94. The van der Waals surface area contributed by atoms with Crippen molar-refractivity contribution in [2.75, 3.05) is 12.8 Å². The minimum absolute atomic E-state index is 0.0455. The molecular weight excluding hydrogens is 238 g/mol. The number of ether oxygens (including phenoxy) is 1. The molecule has 3 nitrogen and oxygen atoms in total. The minimum Gasteiger partial charge on any atom is -0.497 e. The van der Waals surface area contributed by atoms with E-state index in [1.807, 2.05) is 24.3 Å². The largest absolute Gasteiger partial charge is 0.497 e. The van der Waals surface area contributed by atoms with Crippen molar-refractivity contribution in [3.8, 4) is 5.75 Å². The molecule has 0 aliphatic rings. The lowest BCUT2D eigenvalue weighted by Gasteiger charge is -1.99. The number of benzene rings is 2. The van der Waals surface area contributed by atoms with Crippen LogP contribution in [0.2, 0.25) is 0 Å². The van der Waals surface area contributed by atoms with Crippen LogP contribution < -0.4 is 10.5 Å². The molecule has 2 N–H and O–H groups in total. The van der Waals surface area contributed by atoms with Gasteiger partial charge in [0.2, 0.25) is 0 Å². The van der Waals surface area contributed by atoms with Crippen molar-refractivity contribution in [2.45, 2.75) is 0 Å². The van der Waals surface area contributed by atoms with Crippen LogP contribution in [0.3, 0.4) is 0 Å². The van der Waals surface area contributed by atoms with Gasteiger partial charge in [-0.1, -0.05) is 18.2 Å². The second-order valence-electron chi connectivity index (χ2n) is 4.09. The molecule has 0 fully saturated rings. The van der Waals surface area contributed by atoms with Crippen molar-refractivity contribution < 1.29 is 9.53 Å². The normalized spacial score (nSPS) is 10.6. The molecule has 0 aliphatic carbocycles. The van der Waals surface area contributed by atoms with Gasteiger partial charge in [0.05, 0.1) is 7.11 Å². The van der Waals surface area contributed by atoms with Crippen molar-refractivity contribution in [3.63, 3.8) is 0 Å². The number of anilines is 1. The predicted molar refractivity (Wildman–Crippen MR) is 77.2 cm³/mol. The van der Waals surface area contributed by atoms with Gasteiger partial charge in [0.15, 0.2) is 5.78 Å². The van der Waals surface area contributed by atoms with Crippen molar-refractivity contribution in [2.24, 2.45) is 0 Å². The van der Waals surface area contributed by atoms with Gasteiger partial charge in [-0.3, -0.25) is 4.79 Å². The number of nitrogen functional groups attached to an aromatic ring is 1. The zero-order valence-electron chi connectivity index (χ0n) is 10.7. The Morgan fingerprint density at radius 2 is 1.68 bits per heavy atom.